The zero-order valence-electron chi connectivity index (χ0n) is 5.05. The highest BCUT2D eigenvalue weighted by Crippen LogP contribution is 1.97. The molecule has 1 heterocycles. The molecule has 0 unspecified atom stereocenters. The highest BCUT2D eigenvalue weighted by molar-refractivity contribution is 7.54. The van der Waals surface area contributed by atoms with Gasteiger partial charge in [-0.05, 0) is 12.1 Å². The smallest absolute Gasteiger partial charge is 0.265 e. The third-order valence-electron chi connectivity index (χ3n) is 0.566. The highest BCUT2D eigenvalue weighted by atomic mass is 35.8. The Balaban J connectivity index is 0.000000180. The molecule has 0 radical (unpaired) electrons. The van der Waals surface area contributed by atoms with Crippen LogP contribution < -0.4 is 0 Å². The minimum Gasteiger partial charge on any atom is -0.265 e. The molecule has 0 spiro atoms. The summed E-state index contributed by atoms with van der Waals surface area (Å²) < 4.78 is 0. The molecule has 0 fully saturated rings. The van der Waals surface area contributed by atoms with Gasteiger partial charge in [-0.2, -0.15) is 0 Å². The van der Waals surface area contributed by atoms with Gasteiger partial charge in [-0.1, -0.05) is 6.07 Å². The normalized spacial score (nSPS) is 7.50. The van der Waals surface area contributed by atoms with Crippen LogP contribution in [-0.2, 0) is 0 Å². The van der Waals surface area contributed by atoms with Crippen LogP contribution >= 0.6 is 30.1 Å². The van der Waals surface area contributed by atoms with Crippen LogP contribution in [0.4, 0.5) is 0 Å². The average molecular weight is 212 g/mol. The Morgan fingerprint density at radius 1 is 0.900 bits per heavy atom. The largest absolute Gasteiger partial charge is 0.643 e. The molecule has 1 aromatic heterocycles. The number of hydrogen-bond donors (Lipinski definition) is 0. The summed E-state index contributed by atoms with van der Waals surface area (Å²) in [5, 5.41) is 0. The molecule has 0 saturated heterocycles. The van der Waals surface area contributed by atoms with E-state index in [9.17, 15) is 0 Å². The van der Waals surface area contributed by atoms with Gasteiger partial charge < -0.3 is 0 Å². The van der Waals surface area contributed by atoms with E-state index >= 15 is 0 Å². The van der Waals surface area contributed by atoms with Crippen LogP contribution in [0.1, 0.15) is 0 Å². The second-order valence-electron chi connectivity index (χ2n) is 1.27. The third kappa shape index (κ3) is 11.4. The molecular formula is C5H5AlCl3N. The van der Waals surface area contributed by atoms with Gasteiger partial charge in [0.1, 0.15) is 0 Å². The quantitative estimate of drug-likeness (QED) is 0.603. The number of nitrogens with zero attached hydrogens (tertiary/aromatic N) is 1. The molecule has 0 aliphatic carbocycles. The van der Waals surface area contributed by atoms with E-state index < -0.39 is 11.4 Å². The van der Waals surface area contributed by atoms with Crippen LogP contribution in [0.25, 0.3) is 0 Å². The van der Waals surface area contributed by atoms with Crippen molar-refractivity contribution in [2.75, 3.05) is 0 Å². The molecule has 1 aromatic rings. The fourth-order valence-corrected chi connectivity index (χ4v) is 0.313. The summed E-state index contributed by atoms with van der Waals surface area (Å²) in [6.45, 7) is 0. The van der Waals surface area contributed by atoms with Crippen molar-refractivity contribution in [2.24, 2.45) is 0 Å². The molecule has 1 nitrogen and oxygen atoms in total. The minimum absolute atomic E-state index is 1.72. The monoisotopic (exact) mass is 211 g/mol. The molecule has 0 aliphatic rings. The summed E-state index contributed by atoms with van der Waals surface area (Å²) in [7, 11) is 14.8. The van der Waals surface area contributed by atoms with E-state index in [0.29, 0.717) is 0 Å². The van der Waals surface area contributed by atoms with Gasteiger partial charge in [0.15, 0.2) is 0 Å². The van der Waals surface area contributed by atoms with Gasteiger partial charge in [-0.3, -0.25) is 4.98 Å². The number of hydrogen-bond acceptors (Lipinski definition) is 1. The number of rotatable bonds is 0. The van der Waals surface area contributed by atoms with Crippen molar-refractivity contribution < 1.29 is 0 Å². The fourth-order valence-electron chi connectivity index (χ4n) is 0.313. The summed E-state index contributed by atoms with van der Waals surface area (Å²) in [4.78, 5) is 3.78. The molecule has 54 valence electrons. The van der Waals surface area contributed by atoms with Crippen molar-refractivity contribution >= 4 is 41.5 Å². The van der Waals surface area contributed by atoms with Crippen molar-refractivity contribution in [1.82, 2.24) is 4.98 Å². The first-order chi connectivity index (χ1) is 4.73. The molecule has 0 saturated carbocycles. The summed E-state index contributed by atoms with van der Waals surface area (Å²) in [6, 6.07) is 5.72. The van der Waals surface area contributed by atoms with Crippen LogP contribution in [0.3, 0.4) is 0 Å². The van der Waals surface area contributed by atoms with Crippen LogP contribution in [0.5, 0.6) is 0 Å². The lowest BCUT2D eigenvalue weighted by atomic mass is 10.5. The predicted molar refractivity (Wildman–Crippen MR) is 47.6 cm³/mol. The maximum absolute atomic E-state index is 4.94. The van der Waals surface area contributed by atoms with Crippen LogP contribution in [0.15, 0.2) is 30.6 Å². The van der Waals surface area contributed by atoms with Crippen molar-refractivity contribution in [1.29, 1.82) is 0 Å². The maximum Gasteiger partial charge on any atom is 0.643 e. The Morgan fingerprint density at radius 2 is 1.30 bits per heavy atom. The SMILES string of the molecule is [Cl][Al]([Cl])[Cl].c1ccncc1. The van der Waals surface area contributed by atoms with Gasteiger partial charge in [0, 0.05) is 12.4 Å². The van der Waals surface area contributed by atoms with Crippen molar-refractivity contribution in [3.8, 4) is 0 Å². The topological polar surface area (TPSA) is 12.9 Å². The first kappa shape index (κ1) is 10.6. The molecule has 0 amide bonds. The molecule has 10 heavy (non-hydrogen) atoms. The zero-order valence-corrected chi connectivity index (χ0v) is 8.47. The zero-order chi connectivity index (χ0) is 7.82. The van der Waals surface area contributed by atoms with E-state index in [1.54, 1.807) is 12.4 Å². The predicted octanol–water partition coefficient (Wildman–Crippen LogP) is 2.77. The number of pyridine rings is 1. The van der Waals surface area contributed by atoms with Crippen LogP contribution in [-0.4, -0.2) is 16.4 Å². The number of aromatic nitrogens is 1. The van der Waals surface area contributed by atoms with Gasteiger partial charge in [-0.15, -0.1) is 0 Å². The van der Waals surface area contributed by atoms with Gasteiger partial charge in [0.2, 0.25) is 0 Å². The van der Waals surface area contributed by atoms with Gasteiger partial charge >= 0.3 is 11.4 Å². The lowest BCUT2D eigenvalue weighted by Gasteiger charge is -1.70. The second kappa shape index (κ2) is 7.66. The Kier molecular flexibility index (Phi) is 8.08. The lowest BCUT2D eigenvalue weighted by Crippen LogP contribution is -1.66. The fraction of sp³-hybridized carbons (Fsp3) is 0. The summed E-state index contributed by atoms with van der Waals surface area (Å²) in [5.74, 6) is 0. The van der Waals surface area contributed by atoms with Crippen molar-refractivity contribution in [3.05, 3.63) is 30.6 Å². The van der Waals surface area contributed by atoms with Crippen LogP contribution in [0.2, 0.25) is 0 Å². The Hall–Kier alpha value is 0.552. The molecule has 0 atom stereocenters. The van der Waals surface area contributed by atoms with Gasteiger partial charge in [0.05, 0.1) is 0 Å². The van der Waals surface area contributed by atoms with Crippen LogP contribution in [0, 0.1) is 0 Å². The molecule has 0 aromatic carbocycles. The Bertz CT molecular complexity index is 117. The second-order valence-corrected chi connectivity index (χ2v) is 7.71. The standard InChI is InChI=1S/C5H5N.Al.3ClH/c1-2-4-6-5-3-1;;;;/h1-5H;;3*1H/q;+3;;;/p-3. The average Bonchev–Trinajstić information content (AvgIpc) is 1.90. The summed E-state index contributed by atoms with van der Waals surface area (Å²) in [6.07, 6.45) is 3.50. The van der Waals surface area contributed by atoms with E-state index in [0.717, 1.165) is 0 Å². The summed E-state index contributed by atoms with van der Waals surface area (Å²) in [5.41, 5.74) is 0. The molecule has 1 rings (SSSR count). The van der Waals surface area contributed by atoms with E-state index in [1.165, 1.54) is 0 Å². The molecular weight excluding hydrogens is 207 g/mol. The number of halogens is 3. The molecule has 0 aliphatic heterocycles. The first-order valence-electron chi connectivity index (χ1n) is 2.50. The first-order valence-corrected chi connectivity index (χ1v) is 7.74. The third-order valence-corrected chi connectivity index (χ3v) is 0.566. The van der Waals surface area contributed by atoms with Gasteiger partial charge in [0.25, 0.3) is 0 Å². The van der Waals surface area contributed by atoms with Gasteiger partial charge in [-0.25, -0.2) is 30.1 Å². The van der Waals surface area contributed by atoms with E-state index in [-0.39, 0.29) is 0 Å². The van der Waals surface area contributed by atoms with Crippen molar-refractivity contribution in [3.63, 3.8) is 0 Å². The Morgan fingerprint density at radius 3 is 1.40 bits per heavy atom. The van der Waals surface area contributed by atoms with E-state index in [2.05, 4.69) is 4.98 Å². The van der Waals surface area contributed by atoms with E-state index in [1.807, 2.05) is 18.2 Å². The maximum atomic E-state index is 4.94. The molecule has 5 heteroatoms. The molecule has 0 bridgehead atoms. The summed E-state index contributed by atoms with van der Waals surface area (Å²) >= 11 is -1.72. The lowest BCUT2D eigenvalue weighted by molar-refractivity contribution is 1.33. The minimum atomic E-state index is -1.72. The molecule has 0 N–H and O–H groups in total. The highest BCUT2D eigenvalue weighted by Gasteiger charge is 2.00. The van der Waals surface area contributed by atoms with E-state index in [4.69, 9.17) is 30.1 Å². The van der Waals surface area contributed by atoms with Crippen molar-refractivity contribution in [2.45, 2.75) is 0 Å². The Labute approximate surface area is 76.9 Å².